The molecule has 0 amide bonds. The highest BCUT2D eigenvalue weighted by molar-refractivity contribution is 5.68. The number of ether oxygens (including phenoxy) is 1. The van der Waals surface area contributed by atoms with Crippen LogP contribution in [0.4, 0.5) is 17.3 Å². The van der Waals surface area contributed by atoms with Crippen LogP contribution in [-0.2, 0) is 4.74 Å². The van der Waals surface area contributed by atoms with Crippen molar-refractivity contribution in [2.24, 2.45) is 0 Å². The van der Waals surface area contributed by atoms with Gasteiger partial charge < -0.3 is 20.5 Å². The minimum absolute atomic E-state index is 0.120. The third-order valence-corrected chi connectivity index (χ3v) is 2.72. The Hall–Kier alpha value is -2.00. The van der Waals surface area contributed by atoms with Crippen LogP contribution in [0.5, 0.6) is 0 Å². The molecule has 1 fully saturated rings. The number of nitrogens with zero attached hydrogens (tertiary/aromatic N) is 4. The number of aromatic nitrogens is 2. The Morgan fingerprint density at radius 2 is 2.44 bits per heavy atom. The standard InChI is InChI=1S/C9H13N5O4/c10-8-7(14(16)17)9(12-5-11-8)13-1-2-18-4-6(13)3-15/h5-6,15H,1-4H2,(H2,10,11,12). The van der Waals surface area contributed by atoms with Crippen molar-refractivity contribution in [3.05, 3.63) is 16.4 Å². The summed E-state index contributed by atoms with van der Waals surface area (Å²) in [5.41, 5.74) is 5.17. The maximum atomic E-state index is 11.0. The van der Waals surface area contributed by atoms with E-state index in [9.17, 15) is 15.2 Å². The third kappa shape index (κ3) is 2.17. The predicted octanol–water partition coefficient (Wildman–Crippen LogP) is -0.835. The van der Waals surface area contributed by atoms with Gasteiger partial charge in [0.25, 0.3) is 0 Å². The molecule has 0 spiro atoms. The van der Waals surface area contributed by atoms with Crippen LogP contribution in [0.1, 0.15) is 0 Å². The fourth-order valence-electron chi connectivity index (χ4n) is 1.85. The zero-order valence-electron chi connectivity index (χ0n) is 9.52. The molecule has 0 saturated carbocycles. The molecule has 1 unspecified atom stereocenters. The lowest BCUT2D eigenvalue weighted by molar-refractivity contribution is -0.383. The molecule has 3 N–H and O–H groups in total. The van der Waals surface area contributed by atoms with Gasteiger partial charge in [0.2, 0.25) is 11.6 Å². The van der Waals surface area contributed by atoms with E-state index in [1.54, 1.807) is 4.90 Å². The van der Waals surface area contributed by atoms with E-state index in [0.29, 0.717) is 13.2 Å². The molecule has 1 aliphatic heterocycles. The highest BCUT2D eigenvalue weighted by atomic mass is 16.6. The molecule has 1 aromatic rings. The summed E-state index contributed by atoms with van der Waals surface area (Å²) >= 11 is 0. The molecule has 1 aliphatic rings. The Morgan fingerprint density at radius 1 is 1.67 bits per heavy atom. The molecule has 0 aliphatic carbocycles. The normalized spacial score (nSPS) is 19.8. The fourth-order valence-corrected chi connectivity index (χ4v) is 1.85. The summed E-state index contributed by atoms with van der Waals surface area (Å²) in [6.07, 6.45) is 1.17. The molecule has 1 atom stereocenters. The second kappa shape index (κ2) is 5.10. The Morgan fingerprint density at radius 3 is 3.11 bits per heavy atom. The molecule has 9 heteroatoms. The second-order valence-electron chi connectivity index (χ2n) is 3.79. The highest BCUT2D eigenvalue weighted by Crippen LogP contribution is 2.31. The quantitative estimate of drug-likeness (QED) is 0.528. The van der Waals surface area contributed by atoms with E-state index in [0.717, 1.165) is 0 Å². The summed E-state index contributed by atoms with van der Waals surface area (Å²) in [4.78, 5) is 19.5. The summed E-state index contributed by atoms with van der Waals surface area (Å²) < 4.78 is 5.21. The van der Waals surface area contributed by atoms with Gasteiger partial charge in [-0.3, -0.25) is 10.1 Å². The average molecular weight is 255 g/mol. The van der Waals surface area contributed by atoms with Crippen molar-refractivity contribution < 1.29 is 14.8 Å². The van der Waals surface area contributed by atoms with Gasteiger partial charge in [0, 0.05) is 6.54 Å². The summed E-state index contributed by atoms with van der Waals surface area (Å²) in [7, 11) is 0. The van der Waals surface area contributed by atoms with Crippen LogP contribution < -0.4 is 10.6 Å². The Kier molecular flexibility index (Phi) is 3.53. The molecule has 0 radical (unpaired) electrons. The van der Waals surface area contributed by atoms with Crippen molar-refractivity contribution in [1.82, 2.24) is 9.97 Å². The smallest absolute Gasteiger partial charge is 0.353 e. The van der Waals surface area contributed by atoms with Crippen LogP contribution in [0.2, 0.25) is 0 Å². The number of nitrogens with two attached hydrogens (primary N) is 1. The maximum Gasteiger partial charge on any atom is 0.353 e. The van der Waals surface area contributed by atoms with E-state index in [1.165, 1.54) is 6.33 Å². The molecule has 0 bridgehead atoms. The van der Waals surface area contributed by atoms with Gasteiger partial charge in [0.1, 0.15) is 6.33 Å². The largest absolute Gasteiger partial charge is 0.394 e. The van der Waals surface area contributed by atoms with Gasteiger partial charge in [-0.05, 0) is 0 Å². The fraction of sp³-hybridized carbons (Fsp3) is 0.556. The lowest BCUT2D eigenvalue weighted by Gasteiger charge is -2.34. The lowest BCUT2D eigenvalue weighted by atomic mass is 10.2. The van der Waals surface area contributed by atoms with E-state index in [-0.39, 0.29) is 36.6 Å². The topological polar surface area (TPSA) is 128 Å². The van der Waals surface area contributed by atoms with Gasteiger partial charge in [-0.2, -0.15) is 0 Å². The van der Waals surface area contributed by atoms with Gasteiger partial charge in [-0.1, -0.05) is 0 Å². The van der Waals surface area contributed by atoms with Crippen molar-refractivity contribution in [3.63, 3.8) is 0 Å². The SMILES string of the molecule is Nc1ncnc(N2CCOCC2CO)c1[N+](=O)[O-]. The first-order valence-corrected chi connectivity index (χ1v) is 5.35. The van der Waals surface area contributed by atoms with Crippen molar-refractivity contribution in [1.29, 1.82) is 0 Å². The zero-order chi connectivity index (χ0) is 13.1. The molecule has 9 nitrogen and oxygen atoms in total. The number of nitro groups is 1. The Labute approximate surface area is 102 Å². The monoisotopic (exact) mass is 255 g/mol. The van der Waals surface area contributed by atoms with Crippen LogP contribution in [0, 0.1) is 10.1 Å². The molecule has 0 aromatic carbocycles. The van der Waals surface area contributed by atoms with Gasteiger partial charge >= 0.3 is 5.69 Å². The van der Waals surface area contributed by atoms with E-state index in [4.69, 9.17) is 10.5 Å². The minimum atomic E-state index is -0.617. The number of hydrogen-bond acceptors (Lipinski definition) is 8. The summed E-state index contributed by atoms with van der Waals surface area (Å²) in [5, 5.41) is 20.3. The number of rotatable bonds is 3. The number of anilines is 2. The number of aliphatic hydroxyl groups is 1. The van der Waals surface area contributed by atoms with Gasteiger partial charge in [-0.25, -0.2) is 9.97 Å². The molecule has 1 saturated heterocycles. The average Bonchev–Trinajstić information content (AvgIpc) is 2.38. The van der Waals surface area contributed by atoms with Gasteiger partial charge in [0.05, 0.1) is 30.8 Å². The summed E-state index contributed by atoms with van der Waals surface area (Å²) in [5.74, 6) is -0.0666. The lowest BCUT2D eigenvalue weighted by Crippen LogP contribution is -2.48. The van der Waals surface area contributed by atoms with Crippen molar-refractivity contribution in [2.75, 3.05) is 37.0 Å². The molecular weight excluding hydrogens is 242 g/mol. The van der Waals surface area contributed by atoms with Crippen LogP contribution in [0.25, 0.3) is 0 Å². The highest BCUT2D eigenvalue weighted by Gasteiger charge is 2.31. The third-order valence-electron chi connectivity index (χ3n) is 2.72. The van der Waals surface area contributed by atoms with Crippen LogP contribution >= 0.6 is 0 Å². The summed E-state index contributed by atoms with van der Waals surface area (Å²) in [6, 6.07) is -0.369. The molecular formula is C9H13N5O4. The maximum absolute atomic E-state index is 11.0. The Balaban J connectivity index is 2.42. The molecule has 2 rings (SSSR count). The van der Waals surface area contributed by atoms with Crippen LogP contribution in [-0.4, -0.2) is 52.4 Å². The van der Waals surface area contributed by atoms with Gasteiger partial charge in [-0.15, -0.1) is 0 Å². The first-order chi connectivity index (χ1) is 8.65. The Bertz CT molecular complexity index is 455. The number of nitrogen functional groups attached to an aromatic ring is 1. The van der Waals surface area contributed by atoms with E-state index in [2.05, 4.69) is 9.97 Å². The zero-order valence-corrected chi connectivity index (χ0v) is 9.52. The number of morpholine rings is 1. The van der Waals surface area contributed by atoms with E-state index in [1.807, 2.05) is 0 Å². The first-order valence-electron chi connectivity index (χ1n) is 5.35. The minimum Gasteiger partial charge on any atom is -0.394 e. The van der Waals surface area contributed by atoms with Crippen molar-refractivity contribution in [3.8, 4) is 0 Å². The molecule has 98 valence electrons. The summed E-state index contributed by atoms with van der Waals surface area (Å²) in [6.45, 7) is 0.929. The van der Waals surface area contributed by atoms with Crippen molar-refractivity contribution in [2.45, 2.75) is 6.04 Å². The van der Waals surface area contributed by atoms with Crippen molar-refractivity contribution >= 4 is 17.3 Å². The second-order valence-corrected chi connectivity index (χ2v) is 3.79. The first kappa shape index (κ1) is 12.5. The van der Waals surface area contributed by atoms with Crippen LogP contribution in [0.15, 0.2) is 6.33 Å². The number of hydrogen-bond donors (Lipinski definition) is 2. The van der Waals surface area contributed by atoms with Crippen LogP contribution in [0.3, 0.4) is 0 Å². The predicted molar refractivity (Wildman–Crippen MR) is 62.1 cm³/mol. The number of aliphatic hydroxyl groups excluding tert-OH is 1. The molecule has 2 heterocycles. The molecule has 1 aromatic heterocycles. The molecule has 18 heavy (non-hydrogen) atoms. The van der Waals surface area contributed by atoms with E-state index < -0.39 is 4.92 Å². The van der Waals surface area contributed by atoms with Gasteiger partial charge in [0.15, 0.2) is 0 Å². The van der Waals surface area contributed by atoms with E-state index >= 15 is 0 Å².